The number of nitrogens with one attached hydrogen (secondary N) is 1. The van der Waals surface area contributed by atoms with Crippen molar-refractivity contribution in [2.24, 2.45) is 5.92 Å². The Labute approximate surface area is 130 Å². The fourth-order valence-corrected chi connectivity index (χ4v) is 3.04. The zero-order valence-electron chi connectivity index (χ0n) is 13.6. The van der Waals surface area contributed by atoms with Crippen LogP contribution in [0.25, 0.3) is 4.96 Å². The highest BCUT2D eigenvalue weighted by molar-refractivity contribution is 7.15. The van der Waals surface area contributed by atoms with E-state index in [0.29, 0.717) is 18.6 Å². The van der Waals surface area contributed by atoms with Crippen LogP contribution in [0.1, 0.15) is 26.5 Å². The molecule has 118 valence electrons. The normalized spacial score (nSPS) is 13.2. The lowest BCUT2D eigenvalue weighted by molar-refractivity contribution is 0.183. The molecule has 0 aliphatic rings. The minimum absolute atomic E-state index is 0.295. The first-order valence-electron chi connectivity index (χ1n) is 7.41. The first-order chi connectivity index (χ1) is 10.0. The van der Waals surface area contributed by atoms with Gasteiger partial charge in [-0.25, -0.2) is 4.98 Å². The molecule has 2 aromatic heterocycles. The van der Waals surface area contributed by atoms with E-state index in [1.165, 1.54) is 5.69 Å². The van der Waals surface area contributed by atoms with Gasteiger partial charge in [0.05, 0.1) is 18.3 Å². The SMILES string of the molecule is COCC(C)N(C)c1nc2sccn2c1CNCC(C)C. The molecule has 0 spiro atoms. The second-order valence-electron chi connectivity index (χ2n) is 5.88. The van der Waals surface area contributed by atoms with Gasteiger partial charge in [0.15, 0.2) is 10.8 Å². The van der Waals surface area contributed by atoms with Gasteiger partial charge in [0, 0.05) is 32.3 Å². The minimum Gasteiger partial charge on any atom is -0.383 e. The summed E-state index contributed by atoms with van der Waals surface area (Å²) in [6.07, 6.45) is 2.09. The van der Waals surface area contributed by atoms with Gasteiger partial charge in [0.1, 0.15) is 0 Å². The van der Waals surface area contributed by atoms with Crippen LogP contribution in [0.4, 0.5) is 5.82 Å². The van der Waals surface area contributed by atoms with E-state index in [9.17, 15) is 0 Å². The van der Waals surface area contributed by atoms with Crippen LogP contribution in [0.2, 0.25) is 0 Å². The van der Waals surface area contributed by atoms with Crippen LogP contribution in [-0.2, 0) is 11.3 Å². The topological polar surface area (TPSA) is 41.8 Å². The van der Waals surface area contributed by atoms with Crippen molar-refractivity contribution in [1.82, 2.24) is 14.7 Å². The van der Waals surface area contributed by atoms with E-state index < -0.39 is 0 Å². The molecule has 0 bridgehead atoms. The van der Waals surface area contributed by atoms with E-state index in [-0.39, 0.29) is 0 Å². The molecule has 2 rings (SSSR count). The molecule has 0 aromatic carbocycles. The zero-order valence-corrected chi connectivity index (χ0v) is 14.4. The highest BCUT2D eigenvalue weighted by atomic mass is 32.1. The van der Waals surface area contributed by atoms with Crippen molar-refractivity contribution in [3.05, 3.63) is 17.3 Å². The summed E-state index contributed by atoms with van der Waals surface area (Å²) in [6.45, 7) is 9.13. The maximum absolute atomic E-state index is 5.27. The predicted molar refractivity (Wildman–Crippen MR) is 89.4 cm³/mol. The monoisotopic (exact) mass is 310 g/mol. The molecule has 0 saturated heterocycles. The molecule has 5 nitrogen and oxygen atoms in total. The Bertz CT molecular complexity index is 563. The van der Waals surface area contributed by atoms with Crippen molar-refractivity contribution in [2.45, 2.75) is 33.4 Å². The van der Waals surface area contributed by atoms with Crippen LogP contribution in [0.5, 0.6) is 0 Å². The Kier molecular flexibility index (Phi) is 5.61. The quantitative estimate of drug-likeness (QED) is 0.814. The average molecular weight is 310 g/mol. The summed E-state index contributed by atoms with van der Waals surface area (Å²) in [5, 5.41) is 5.60. The summed E-state index contributed by atoms with van der Waals surface area (Å²) in [4.78, 5) is 8.03. The van der Waals surface area contributed by atoms with Crippen LogP contribution < -0.4 is 10.2 Å². The van der Waals surface area contributed by atoms with Crippen LogP contribution in [0, 0.1) is 5.92 Å². The van der Waals surface area contributed by atoms with Crippen LogP contribution in [0.3, 0.4) is 0 Å². The third kappa shape index (κ3) is 3.75. The van der Waals surface area contributed by atoms with Gasteiger partial charge in [-0.3, -0.25) is 4.40 Å². The lowest BCUT2D eigenvalue weighted by Crippen LogP contribution is -2.34. The molecule has 0 aliphatic carbocycles. The molecule has 6 heteroatoms. The number of ether oxygens (including phenoxy) is 1. The minimum atomic E-state index is 0.295. The summed E-state index contributed by atoms with van der Waals surface area (Å²) < 4.78 is 7.45. The van der Waals surface area contributed by atoms with Crippen molar-refractivity contribution < 1.29 is 4.74 Å². The van der Waals surface area contributed by atoms with Crippen LogP contribution in [-0.4, -0.2) is 42.7 Å². The Hall–Kier alpha value is -1.11. The van der Waals surface area contributed by atoms with Crippen molar-refractivity contribution in [1.29, 1.82) is 0 Å². The van der Waals surface area contributed by atoms with Crippen molar-refractivity contribution in [3.63, 3.8) is 0 Å². The van der Waals surface area contributed by atoms with Crippen LogP contribution >= 0.6 is 11.3 Å². The van der Waals surface area contributed by atoms with Gasteiger partial charge < -0.3 is 15.0 Å². The Morgan fingerprint density at radius 1 is 1.43 bits per heavy atom. The largest absolute Gasteiger partial charge is 0.383 e. The van der Waals surface area contributed by atoms with E-state index in [1.807, 2.05) is 0 Å². The molecule has 0 aliphatic heterocycles. The second-order valence-corrected chi connectivity index (χ2v) is 6.75. The average Bonchev–Trinajstić information content (AvgIpc) is 3.00. The van der Waals surface area contributed by atoms with Gasteiger partial charge in [0.25, 0.3) is 0 Å². The smallest absolute Gasteiger partial charge is 0.195 e. The molecule has 1 atom stereocenters. The van der Waals surface area contributed by atoms with Gasteiger partial charge in [0.2, 0.25) is 0 Å². The van der Waals surface area contributed by atoms with Gasteiger partial charge in [-0.2, -0.15) is 0 Å². The first-order valence-corrected chi connectivity index (χ1v) is 8.29. The molecule has 1 unspecified atom stereocenters. The number of hydrogen-bond donors (Lipinski definition) is 1. The highest BCUT2D eigenvalue weighted by Gasteiger charge is 2.19. The summed E-state index contributed by atoms with van der Waals surface area (Å²) in [5.74, 6) is 1.69. The maximum Gasteiger partial charge on any atom is 0.195 e. The lowest BCUT2D eigenvalue weighted by Gasteiger charge is -2.25. The molecule has 0 saturated carbocycles. The molecule has 0 radical (unpaired) electrons. The number of methoxy groups -OCH3 is 1. The fourth-order valence-electron chi connectivity index (χ4n) is 2.31. The second kappa shape index (κ2) is 7.24. The molecule has 0 fully saturated rings. The number of imidazole rings is 1. The molecule has 0 amide bonds. The summed E-state index contributed by atoms with van der Waals surface area (Å²) >= 11 is 1.67. The van der Waals surface area contributed by atoms with E-state index in [0.717, 1.165) is 23.9 Å². The first kappa shape index (κ1) is 16.3. The highest BCUT2D eigenvalue weighted by Crippen LogP contribution is 2.25. The number of nitrogens with zero attached hydrogens (tertiary/aromatic N) is 3. The van der Waals surface area contributed by atoms with Gasteiger partial charge in [-0.15, -0.1) is 11.3 Å². The molecule has 2 heterocycles. The fraction of sp³-hybridized carbons (Fsp3) is 0.667. The summed E-state index contributed by atoms with van der Waals surface area (Å²) in [7, 11) is 3.82. The third-order valence-electron chi connectivity index (χ3n) is 3.59. The zero-order chi connectivity index (χ0) is 15.4. The Morgan fingerprint density at radius 3 is 2.86 bits per heavy atom. The van der Waals surface area contributed by atoms with E-state index in [2.05, 4.69) is 54.0 Å². The van der Waals surface area contributed by atoms with E-state index >= 15 is 0 Å². The van der Waals surface area contributed by atoms with Gasteiger partial charge >= 0.3 is 0 Å². The van der Waals surface area contributed by atoms with Crippen LogP contribution in [0.15, 0.2) is 11.6 Å². The Balaban J connectivity index is 2.23. The maximum atomic E-state index is 5.27. The molecular formula is C15H26N4OS. The van der Waals surface area contributed by atoms with E-state index in [1.54, 1.807) is 18.4 Å². The number of thiazole rings is 1. The molecule has 2 aromatic rings. The predicted octanol–water partition coefficient (Wildman–Crippen LogP) is 2.61. The van der Waals surface area contributed by atoms with E-state index in [4.69, 9.17) is 9.72 Å². The molecule has 21 heavy (non-hydrogen) atoms. The molecule has 1 N–H and O–H groups in total. The lowest BCUT2D eigenvalue weighted by atomic mass is 10.2. The number of rotatable bonds is 8. The van der Waals surface area contributed by atoms with Crippen molar-refractivity contribution >= 4 is 22.1 Å². The number of likely N-dealkylation sites (N-methyl/N-ethyl adjacent to an activating group) is 1. The number of fused-ring (bicyclic) bond motifs is 1. The number of aromatic nitrogens is 2. The molecular weight excluding hydrogens is 284 g/mol. The number of hydrogen-bond acceptors (Lipinski definition) is 5. The van der Waals surface area contributed by atoms with Gasteiger partial charge in [-0.05, 0) is 19.4 Å². The van der Waals surface area contributed by atoms with Crippen molar-refractivity contribution in [2.75, 3.05) is 32.2 Å². The van der Waals surface area contributed by atoms with Gasteiger partial charge in [-0.1, -0.05) is 13.8 Å². The third-order valence-corrected chi connectivity index (χ3v) is 4.34. The number of anilines is 1. The standard InChI is InChI=1S/C15H26N4OS/c1-11(2)8-16-9-13-14(18(4)12(3)10-20-5)17-15-19(13)6-7-21-15/h6-7,11-12,16H,8-10H2,1-5H3. The Morgan fingerprint density at radius 2 is 2.19 bits per heavy atom. The summed E-state index contributed by atoms with van der Waals surface area (Å²) in [6, 6.07) is 0.295. The van der Waals surface area contributed by atoms with Crippen molar-refractivity contribution in [3.8, 4) is 0 Å². The summed E-state index contributed by atoms with van der Waals surface area (Å²) in [5.41, 5.74) is 1.22.